The third kappa shape index (κ3) is 3.68. The minimum atomic E-state index is -0.540. The third-order valence-electron chi connectivity index (χ3n) is 3.27. The van der Waals surface area contributed by atoms with E-state index < -0.39 is 11.8 Å². The van der Waals surface area contributed by atoms with Crippen LogP contribution < -0.4 is 5.32 Å². The third-order valence-corrected chi connectivity index (χ3v) is 4.43. The van der Waals surface area contributed by atoms with Gasteiger partial charge in [0, 0.05) is 22.3 Å². The predicted octanol–water partition coefficient (Wildman–Crippen LogP) is 2.55. The van der Waals surface area contributed by atoms with E-state index in [0.717, 1.165) is 28.4 Å². The highest BCUT2D eigenvalue weighted by Gasteiger charge is 2.23. The number of aryl methyl sites for hydroxylation is 1. The SMILES string of the molecule is Cc1ccc(NC(=O)C(=O)N2CCCCC2)cc1I. The van der Waals surface area contributed by atoms with Gasteiger partial charge in [-0.2, -0.15) is 0 Å². The molecule has 0 unspecified atom stereocenters. The number of piperidine rings is 1. The molecular formula is C14H17IN2O2. The zero-order valence-electron chi connectivity index (χ0n) is 10.9. The standard InChI is InChI=1S/C14H17IN2O2/c1-10-5-6-11(9-12(10)15)16-13(18)14(19)17-7-3-2-4-8-17/h5-6,9H,2-4,7-8H2,1H3,(H,16,18). The van der Waals surface area contributed by atoms with Crippen LogP contribution in [0.25, 0.3) is 0 Å². The molecule has 5 heteroatoms. The lowest BCUT2D eigenvalue weighted by Gasteiger charge is -2.25. The maximum atomic E-state index is 12.0. The fourth-order valence-corrected chi connectivity index (χ4v) is 2.61. The Morgan fingerprint density at radius 3 is 2.53 bits per heavy atom. The fourth-order valence-electron chi connectivity index (χ4n) is 2.10. The van der Waals surface area contributed by atoms with Crippen LogP contribution in [-0.2, 0) is 9.59 Å². The zero-order valence-corrected chi connectivity index (χ0v) is 13.1. The van der Waals surface area contributed by atoms with Gasteiger partial charge in [0.1, 0.15) is 0 Å². The van der Waals surface area contributed by atoms with E-state index in [-0.39, 0.29) is 0 Å². The normalized spacial score (nSPS) is 15.2. The van der Waals surface area contributed by atoms with Crippen LogP contribution in [0.5, 0.6) is 0 Å². The summed E-state index contributed by atoms with van der Waals surface area (Å²) >= 11 is 2.21. The maximum absolute atomic E-state index is 12.0. The molecule has 0 radical (unpaired) electrons. The van der Waals surface area contributed by atoms with Gasteiger partial charge >= 0.3 is 11.8 Å². The molecule has 2 amide bonds. The molecule has 1 heterocycles. The Bertz CT molecular complexity index is 496. The summed E-state index contributed by atoms with van der Waals surface area (Å²) in [7, 11) is 0. The van der Waals surface area contributed by atoms with Crippen LogP contribution in [0.3, 0.4) is 0 Å². The van der Waals surface area contributed by atoms with E-state index in [1.54, 1.807) is 4.90 Å². The second-order valence-electron chi connectivity index (χ2n) is 4.77. The Morgan fingerprint density at radius 2 is 1.89 bits per heavy atom. The summed E-state index contributed by atoms with van der Waals surface area (Å²) < 4.78 is 1.07. The molecule has 0 spiro atoms. The number of hydrogen-bond donors (Lipinski definition) is 1. The summed E-state index contributed by atoms with van der Waals surface area (Å²) in [6.45, 7) is 3.39. The number of carbonyl (C=O) groups is 2. The molecule has 1 fully saturated rings. The monoisotopic (exact) mass is 372 g/mol. The molecule has 19 heavy (non-hydrogen) atoms. The maximum Gasteiger partial charge on any atom is 0.313 e. The van der Waals surface area contributed by atoms with Gasteiger partial charge in [-0.15, -0.1) is 0 Å². The van der Waals surface area contributed by atoms with Crippen LogP contribution in [0.1, 0.15) is 24.8 Å². The Kier molecular flexibility index (Phi) is 4.79. The van der Waals surface area contributed by atoms with E-state index >= 15 is 0 Å². The first-order valence-corrected chi connectivity index (χ1v) is 7.52. The predicted molar refractivity (Wildman–Crippen MR) is 83.0 cm³/mol. The summed E-state index contributed by atoms with van der Waals surface area (Å²) in [5, 5.41) is 2.67. The molecule has 0 saturated carbocycles. The van der Waals surface area contributed by atoms with Crippen LogP contribution in [0.2, 0.25) is 0 Å². The van der Waals surface area contributed by atoms with Gasteiger partial charge in [0.25, 0.3) is 0 Å². The van der Waals surface area contributed by atoms with Gasteiger partial charge in [-0.25, -0.2) is 0 Å². The van der Waals surface area contributed by atoms with Crippen molar-refractivity contribution in [3.8, 4) is 0 Å². The second-order valence-corrected chi connectivity index (χ2v) is 5.93. The first-order valence-electron chi connectivity index (χ1n) is 6.44. The van der Waals surface area contributed by atoms with E-state index in [1.165, 1.54) is 0 Å². The van der Waals surface area contributed by atoms with Gasteiger partial charge in [0.05, 0.1) is 0 Å². The van der Waals surface area contributed by atoms with Crippen molar-refractivity contribution in [2.45, 2.75) is 26.2 Å². The Labute approximate surface area is 126 Å². The lowest BCUT2D eigenvalue weighted by Crippen LogP contribution is -2.42. The Hall–Kier alpha value is -1.11. The van der Waals surface area contributed by atoms with E-state index in [9.17, 15) is 9.59 Å². The van der Waals surface area contributed by atoms with Gasteiger partial charge in [-0.3, -0.25) is 9.59 Å². The van der Waals surface area contributed by atoms with Gasteiger partial charge in [-0.1, -0.05) is 6.07 Å². The van der Waals surface area contributed by atoms with Crippen LogP contribution >= 0.6 is 22.6 Å². The lowest BCUT2D eigenvalue weighted by atomic mass is 10.1. The number of likely N-dealkylation sites (tertiary alicyclic amines) is 1. The molecule has 0 aliphatic carbocycles. The van der Waals surface area contributed by atoms with Crippen molar-refractivity contribution in [3.05, 3.63) is 27.3 Å². The summed E-state index contributed by atoms with van der Waals surface area (Å²) in [5.41, 5.74) is 1.83. The summed E-state index contributed by atoms with van der Waals surface area (Å²) in [6.07, 6.45) is 3.12. The van der Waals surface area contributed by atoms with Crippen molar-refractivity contribution in [2.75, 3.05) is 18.4 Å². The van der Waals surface area contributed by atoms with Crippen molar-refractivity contribution < 1.29 is 9.59 Å². The number of rotatable bonds is 1. The van der Waals surface area contributed by atoms with Crippen LogP contribution in [0.4, 0.5) is 5.69 Å². The average Bonchev–Trinajstić information content (AvgIpc) is 2.43. The highest BCUT2D eigenvalue weighted by molar-refractivity contribution is 14.1. The first-order chi connectivity index (χ1) is 9.08. The Balaban J connectivity index is 1.99. The summed E-state index contributed by atoms with van der Waals surface area (Å²) in [5.74, 6) is -0.961. The quantitative estimate of drug-likeness (QED) is 0.609. The molecule has 0 atom stereocenters. The molecule has 1 aromatic carbocycles. The molecule has 0 aromatic heterocycles. The number of nitrogens with zero attached hydrogens (tertiary/aromatic N) is 1. The van der Waals surface area contributed by atoms with E-state index in [2.05, 4.69) is 27.9 Å². The number of hydrogen-bond acceptors (Lipinski definition) is 2. The van der Waals surface area contributed by atoms with Gasteiger partial charge < -0.3 is 10.2 Å². The first kappa shape index (κ1) is 14.3. The van der Waals surface area contributed by atoms with Gasteiger partial charge in [0.2, 0.25) is 0 Å². The van der Waals surface area contributed by atoms with Crippen molar-refractivity contribution in [2.24, 2.45) is 0 Å². The van der Waals surface area contributed by atoms with Crippen LogP contribution in [-0.4, -0.2) is 29.8 Å². The van der Waals surface area contributed by atoms with E-state index in [1.807, 2.05) is 25.1 Å². The molecule has 102 valence electrons. The minimum absolute atomic E-state index is 0.421. The number of carbonyl (C=O) groups excluding carboxylic acids is 2. The number of amides is 2. The molecule has 4 nitrogen and oxygen atoms in total. The largest absolute Gasteiger partial charge is 0.334 e. The molecule has 1 aliphatic rings. The zero-order chi connectivity index (χ0) is 13.8. The molecule has 1 N–H and O–H groups in total. The summed E-state index contributed by atoms with van der Waals surface area (Å²) in [4.78, 5) is 25.5. The minimum Gasteiger partial charge on any atom is -0.334 e. The molecule has 1 aromatic rings. The lowest BCUT2D eigenvalue weighted by molar-refractivity contribution is -0.143. The topological polar surface area (TPSA) is 49.4 Å². The van der Waals surface area contributed by atoms with Crippen LogP contribution in [0.15, 0.2) is 18.2 Å². The van der Waals surface area contributed by atoms with Crippen molar-refractivity contribution in [3.63, 3.8) is 0 Å². The highest BCUT2D eigenvalue weighted by Crippen LogP contribution is 2.17. The number of halogens is 1. The number of anilines is 1. The van der Waals surface area contributed by atoms with Crippen molar-refractivity contribution in [1.82, 2.24) is 4.90 Å². The van der Waals surface area contributed by atoms with E-state index in [0.29, 0.717) is 18.8 Å². The Morgan fingerprint density at radius 1 is 1.21 bits per heavy atom. The van der Waals surface area contributed by atoms with Gasteiger partial charge in [-0.05, 0) is 66.5 Å². The van der Waals surface area contributed by atoms with Gasteiger partial charge in [0.15, 0.2) is 0 Å². The molecular weight excluding hydrogens is 355 g/mol. The molecule has 0 bridgehead atoms. The molecule has 2 rings (SSSR count). The molecule has 1 saturated heterocycles. The van der Waals surface area contributed by atoms with E-state index in [4.69, 9.17) is 0 Å². The smallest absolute Gasteiger partial charge is 0.313 e. The second kappa shape index (κ2) is 6.36. The van der Waals surface area contributed by atoms with Crippen molar-refractivity contribution >= 4 is 40.1 Å². The number of nitrogens with one attached hydrogen (secondary N) is 1. The summed E-state index contributed by atoms with van der Waals surface area (Å²) in [6, 6.07) is 5.62. The van der Waals surface area contributed by atoms with Crippen LogP contribution in [0, 0.1) is 10.5 Å². The fraction of sp³-hybridized carbons (Fsp3) is 0.429. The average molecular weight is 372 g/mol. The van der Waals surface area contributed by atoms with Crippen molar-refractivity contribution in [1.29, 1.82) is 0 Å². The molecule has 1 aliphatic heterocycles. The highest BCUT2D eigenvalue weighted by atomic mass is 127. The number of benzene rings is 1.